The van der Waals surface area contributed by atoms with Crippen LogP contribution in [-0.2, 0) is 4.74 Å². The van der Waals surface area contributed by atoms with Gasteiger partial charge in [0.05, 0.1) is 26.9 Å². The van der Waals surface area contributed by atoms with Gasteiger partial charge in [0.25, 0.3) is 0 Å². The molecule has 7 nitrogen and oxygen atoms in total. The molecule has 0 amide bonds. The Hall–Kier alpha value is -3.13. The van der Waals surface area contributed by atoms with Crippen molar-refractivity contribution in [2.75, 3.05) is 41.0 Å². The second-order valence-corrected chi connectivity index (χ2v) is 7.56. The van der Waals surface area contributed by atoms with Crippen LogP contribution in [0.2, 0.25) is 0 Å². The molecule has 2 aromatic carbocycles. The van der Waals surface area contributed by atoms with Gasteiger partial charge in [-0.25, -0.2) is 9.18 Å². The number of nitrogens with zero attached hydrogens (tertiary/aromatic N) is 1. The van der Waals surface area contributed by atoms with Gasteiger partial charge in [-0.05, 0) is 55.8 Å². The topological polar surface area (TPSA) is 74.3 Å². The smallest absolute Gasteiger partial charge is 0.338 e. The SMILES string of the molecule is COc1cc(C(=O)OC2CCN(CCCC(=O)c3ccc(F)cc3)C2)cc(OC)c1OC. The molecule has 1 aliphatic rings. The van der Waals surface area contributed by atoms with Gasteiger partial charge in [0.2, 0.25) is 5.75 Å². The Kier molecular flexibility index (Phi) is 8.05. The first-order chi connectivity index (χ1) is 15.4. The summed E-state index contributed by atoms with van der Waals surface area (Å²) in [5.41, 5.74) is 0.841. The van der Waals surface area contributed by atoms with Crippen molar-refractivity contribution in [1.82, 2.24) is 4.90 Å². The maximum atomic E-state index is 13.0. The molecule has 0 N–H and O–H groups in total. The van der Waals surface area contributed by atoms with Crippen molar-refractivity contribution in [2.24, 2.45) is 0 Å². The standard InChI is InChI=1S/C24H28FNO6/c1-29-21-13-17(14-22(30-2)23(21)31-3)24(28)32-19-10-12-26(15-19)11-4-5-20(27)16-6-8-18(25)9-7-16/h6-9,13-14,19H,4-5,10-12,15H2,1-3H3. The number of rotatable bonds is 10. The molecular weight excluding hydrogens is 417 g/mol. The van der Waals surface area contributed by atoms with Gasteiger partial charge in [-0.2, -0.15) is 0 Å². The first kappa shape index (κ1) is 23.5. The molecule has 0 aliphatic carbocycles. The molecule has 0 radical (unpaired) electrons. The number of halogens is 1. The minimum Gasteiger partial charge on any atom is -0.493 e. The van der Waals surface area contributed by atoms with Crippen LogP contribution in [0.25, 0.3) is 0 Å². The van der Waals surface area contributed by atoms with Crippen molar-refractivity contribution in [3.8, 4) is 17.2 Å². The van der Waals surface area contributed by atoms with Crippen molar-refractivity contribution >= 4 is 11.8 Å². The fourth-order valence-corrected chi connectivity index (χ4v) is 3.76. The van der Waals surface area contributed by atoms with Gasteiger partial charge in [-0.1, -0.05) is 0 Å². The lowest BCUT2D eigenvalue weighted by atomic mass is 10.1. The van der Waals surface area contributed by atoms with Gasteiger partial charge in [-0.3, -0.25) is 9.69 Å². The Morgan fingerprint density at radius 3 is 2.25 bits per heavy atom. The quantitative estimate of drug-likeness (QED) is 0.407. The highest BCUT2D eigenvalue weighted by Gasteiger charge is 2.27. The van der Waals surface area contributed by atoms with Crippen molar-refractivity contribution in [1.29, 1.82) is 0 Å². The summed E-state index contributed by atoms with van der Waals surface area (Å²) >= 11 is 0. The van der Waals surface area contributed by atoms with Crippen LogP contribution >= 0.6 is 0 Å². The second kappa shape index (κ2) is 10.9. The Labute approximate surface area is 187 Å². The van der Waals surface area contributed by atoms with E-state index in [1.165, 1.54) is 45.6 Å². The summed E-state index contributed by atoms with van der Waals surface area (Å²) < 4.78 is 34.5. The van der Waals surface area contributed by atoms with Gasteiger partial charge >= 0.3 is 5.97 Å². The number of methoxy groups -OCH3 is 3. The third-order valence-electron chi connectivity index (χ3n) is 5.45. The highest BCUT2D eigenvalue weighted by Crippen LogP contribution is 2.38. The molecule has 0 bridgehead atoms. The van der Waals surface area contributed by atoms with Crippen LogP contribution in [-0.4, -0.2) is 63.7 Å². The summed E-state index contributed by atoms with van der Waals surface area (Å²) in [6.45, 7) is 2.13. The number of benzene rings is 2. The lowest BCUT2D eigenvalue weighted by molar-refractivity contribution is 0.0321. The molecule has 1 fully saturated rings. The van der Waals surface area contributed by atoms with Crippen LogP contribution in [0.3, 0.4) is 0 Å². The maximum Gasteiger partial charge on any atom is 0.338 e. The van der Waals surface area contributed by atoms with E-state index in [0.29, 0.717) is 47.8 Å². The van der Waals surface area contributed by atoms with Crippen molar-refractivity contribution < 1.29 is 32.9 Å². The van der Waals surface area contributed by atoms with Crippen LogP contribution in [0, 0.1) is 5.82 Å². The average Bonchev–Trinajstić information content (AvgIpc) is 3.25. The molecule has 1 atom stereocenters. The first-order valence-electron chi connectivity index (χ1n) is 10.5. The zero-order valence-corrected chi connectivity index (χ0v) is 18.6. The van der Waals surface area contributed by atoms with E-state index in [0.717, 1.165) is 19.5 Å². The molecule has 3 rings (SSSR count). The molecule has 0 aromatic heterocycles. The summed E-state index contributed by atoms with van der Waals surface area (Å²) in [4.78, 5) is 27.0. The van der Waals surface area contributed by atoms with Crippen LogP contribution in [0.5, 0.6) is 17.2 Å². The Morgan fingerprint density at radius 1 is 1.00 bits per heavy atom. The van der Waals surface area contributed by atoms with Crippen molar-refractivity contribution in [3.05, 3.63) is 53.3 Å². The predicted molar refractivity (Wildman–Crippen MR) is 116 cm³/mol. The van der Waals surface area contributed by atoms with E-state index in [1.54, 1.807) is 12.1 Å². The zero-order chi connectivity index (χ0) is 23.1. The van der Waals surface area contributed by atoms with E-state index < -0.39 is 5.97 Å². The summed E-state index contributed by atoms with van der Waals surface area (Å²) in [5, 5.41) is 0. The minimum absolute atomic E-state index is 0.00502. The van der Waals surface area contributed by atoms with Gasteiger partial charge in [-0.15, -0.1) is 0 Å². The summed E-state index contributed by atoms with van der Waals surface area (Å²) in [5.74, 6) is 0.368. The number of likely N-dealkylation sites (tertiary alicyclic amines) is 1. The fraction of sp³-hybridized carbons (Fsp3) is 0.417. The molecule has 1 heterocycles. The summed E-state index contributed by atoms with van der Waals surface area (Å²) in [6.07, 6.45) is 1.57. The predicted octanol–water partition coefficient (Wildman–Crippen LogP) is 3.75. The van der Waals surface area contributed by atoms with E-state index in [9.17, 15) is 14.0 Å². The molecule has 2 aromatic rings. The maximum absolute atomic E-state index is 13.0. The van der Waals surface area contributed by atoms with Crippen LogP contribution in [0.4, 0.5) is 4.39 Å². The molecule has 1 aliphatic heterocycles. The number of Topliss-reactive ketones (excluding diaryl/α,β-unsaturated/α-hetero) is 1. The average molecular weight is 445 g/mol. The number of ketones is 1. The Balaban J connectivity index is 1.49. The summed E-state index contributed by atoms with van der Waals surface area (Å²) in [6, 6.07) is 8.73. The van der Waals surface area contributed by atoms with E-state index >= 15 is 0 Å². The van der Waals surface area contributed by atoms with E-state index in [-0.39, 0.29) is 17.7 Å². The van der Waals surface area contributed by atoms with Crippen LogP contribution < -0.4 is 14.2 Å². The molecule has 32 heavy (non-hydrogen) atoms. The fourth-order valence-electron chi connectivity index (χ4n) is 3.76. The number of carbonyl (C=O) groups excluding carboxylic acids is 2. The Bertz CT molecular complexity index is 921. The summed E-state index contributed by atoms with van der Waals surface area (Å²) in [7, 11) is 4.48. The number of hydrogen-bond acceptors (Lipinski definition) is 7. The van der Waals surface area contributed by atoms with Gasteiger partial charge in [0.15, 0.2) is 17.3 Å². The van der Waals surface area contributed by atoms with Crippen molar-refractivity contribution in [3.63, 3.8) is 0 Å². The molecule has 8 heteroatoms. The molecular formula is C24H28FNO6. The zero-order valence-electron chi connectivity index (χ0n) is 18.6. The van der Waals surface area contributed by atoms with E-state index in [1.807, 2.05) is 0 Å². The van der Waals surface area contributed by atoms with Crippen LogP contribution in [0.15, 0.2) is 36.4 Å². The third-order valence-corrected chi connectivity index (χ3v) is 5.45. The Morgan fingerprint density at radius 2 is 1.66 bits per heavy atom. The van der Waals surface area contributed by atoms with Gasteiger partial charge in [0.1, 0.15) is 11.9 Å². The number of esters is 1. The molecule has 1 saturated heterocycles. The largest absolute Gasteiger partial charge is 0.493 e. The molecule has 172 valence electrons. The number of hydrogen-bond donors (Lipinski definition) is 0. The van der Waals surface area contributed by atoms with Crippen LogP contribution in [0.1, 0.15) is 40.0 Å². The minimum atomic E-state index is -0.456. The molecule has 0 spiro atoms. The molecule has 0 saturated carbocycles. The lowest BCUT2D eigenvalue weighted by Crippen LogP contribution is -2.26. The monoisotopic (exact) mass is 445 g/mol. The van der Waals surface area contributed by atoms with Gasteiger partial charge in [0, 0.05) is 25.1 Å². The van der Waals surface area contributed by atoms with Gasteiger partial charge < -0.3 is 18.9 Å². The number of carbonyl (C=O) groups is 2. The molecule has 1 unspecified atom stereocenters. The van der Waals surface area contributed by atoms with E-state index in [4.69, 9.17) is 18.9 Å². The lowest BCUT2D eigenvalue weighted by Gasteiger charge is -2.17. The van der Waals surface area contributed by atoms with Crippen molar-refractivity contribution in [2.45, 2.75) is 25.4 Å². The third kappa shape index (κ3) is 5.76. The number of ether oxygens (including phenoxy) is 4. The van der Waals surface area contributed by atoms with E-state index in [2.05, 4.69) is 4.90 Å². The normalized spacial score (nSPS) is 15.9. The highest BCUT2D eigenvalue weighted by atomic mass is 19.1. The first-order valence-corrected chi connectivity index (χ1v) is 10.5. The second-order valence-electron chi connectivity index (χ2n) is 7.56. The highest BCUT2D eigenvalue weighted by molar-refractivity contribution is 5.96.